The van der Waals surface area contributed by atoms with Crippen molar-refractivity contribution in [2.75, 3.05) is 7.11 Å². The molecule has 0 bridgehead atoms. The smallest absolute Gasteiger partial charge is 0.337 e. The molecule has 6 heteroatoms. The van der Waals surface area contributed by atoms with Gasteiger partial charge in [0.05, 0.1) is 12.7 Å². The van der Waals surface area contributed by atoms with E-state index in [1.165, 1.54) is 7.11 Å². The van der Waals surface area contributed by atoms with Crippen molar-refractivity contribution in [3.8, 4) is 16.9 Å². The Bertz CT molecular complexity index is 1080. The summed E-state index contributed by atoms with van der Waals surface area (Å²) in [6.45, 7) is 2.19. The Morgan fingerprint density at radius 3 is 2.43 bits per heavy atom. The van der Waals surface area contributed by atoms with Gasteiger partial charge >= 0.3 is 5.97 Å². The third-order valence-electron chi connectivity index (χ3n) is 4.71. The summed E-state index contributed by atoms with van der Waals surface area (Å²) in [6.07, 6.45) is 0. The van der Waals surface area contributed by atoms with E-state index in [2.05, 4.69) is 0 Å². The molecule has 5 N–H and O–H groups in total. The van der Waals surface area contributed by atoms with E-state index in [-0.39, 0.29) is 18.5 Å². The SMILES string of the molecule is COC(=O)c1cc(COc2cccc(C(C)N)c2)cc(-c2cccc(C(=N)N)c2)c1. The van der Waals surface area contributed by atoms with Gasteiger partial charge in [0.25, 0.3) is 0 Å². The maximum atomic E-state index is 12.2. The fraction of sp³-hybridized carbons (Fsp3) is 0.167. The minimum atomic E-state index is -0.431. The molecular formula is C24H25N3O3. The van der Waals surface area contributed by atoms with Gasteiger partial charge in [-0.05, 0) is 65.6 Å². The van der Waals surface area contributed by atoms with Gasteiger partial charge in [-0.15, -0.1) is 0 Å². The molecule has 6 nitrogen and oxygen atoms in total. The standard InChI is InChI=1S/C24H25N3O3/c1-15(25)17-5-4-8-22(13-17)30-14-16-9-20(12-21(10-16)24(28)29-2)18-6-3-7-19(11-18)23(26)27/h3-13,15H,14,25H2,1-2H3,(H3,26,27). The van der Waals surface area contributed by atoms with Gasteiger partial charge in [-0.25, -0.2) is 4.79 Å². The van der Waals surface area contributed by atoms with E-state index in [9.17, 15) is 4.79 Å². The molecular weight excluding hydrogens is 378 g/mol. The second-order valence-electron chi connectivity index (χ2n) is 7.05. The van der Waals surface area contributed by atoms with Crippen LogP contribution in [0.2, 0.25) is 0 Å². The van der Waals surface area contributed by atoms with E-state index in [1.54, 1.807) is 18.2 Å². The highest BCUT2D eigenvalue weighted by molar-refractivity contribution is 5.96. The lowest BCUT2D eigenvalue weighted by Gasteiger charge is -2.13. The maximum Gasteiger partial charge on any atom is 0.337 e. The molecule has 1 unspecified atom stereocenters. The van der Waals surface area contributed by atoms with Crippen molar-refractivity contribution in [2.45, 2.75) is 19.6 Å². The van der Waals surface area contributed by atoms with Crippen LogP contribution in [-0.2, 0) is 11.3 Å². The first kappa shape index (κ1) is 21.1. The fourth-order valence-electron chi connectivity index (χ4n) is 3.10. The van der Waals surface area contributed by atoms with Crippen LogP contribution in [0.4, 0.5) is 0 Å². The molecule has 0 aliphatic heterocycles. The van der Waals surface area contributed by atoms with E-state index in [0.29, 0.717) is 16.9 Å². The van der Waals surface area contributed by atoms with Crippen molar-refractivity contribution < 1.29 is 14.3 Å². The Hall–Kier alpha value is -3.64. The zero-order valence-corrected chi connectivity index (χ0v) is 17.0. The number of ether oxygens (including phenoxy) is 2. The van der Waals surface area contributed by atoms with Crippen LogP contribution >= 0.6 is 0 Å². The molecule has 0 aliphatic carbocycles. The van der Waals surface area contributed by atoms with Gasteiger partial charge in [0.2, 0.25) is 0 Å². The average molecular weight is 403 g/mol. The van der Waals surface area contributed by atoms with Crippen LogP contribution in [-0.4, -0.2) is 18.9 Å². The van der Waals surface area contributed by atoms with Crippen LogP contribution in [0.1, 0.15) is 40.0 Å². The predicted molar refractivity (Wildman–Crippen MR) is 118 cm³/mol. The minimum absolute atomic E-state index is 0.0152. The summed E-state index contributed by atoms with van der Waals surface area (Å²) >= 11 is 0. The summed E-state index contributed by atoms with van der Waals surface area (Å²) in [5, 5.41) is 7.66. The molecule has 3 aromatic carbocycles. The molecule has 3 aromatic rings. The van der Waals surface area contributed by atoms with Crippen LogP contribution in [0, 0.1) is 5.41 Å². The van der Waals surface area contributed by atoms with Gasteiger partial charge in [0.1, 0.15) is 18.2 Å². The van der Waals surface area contributed by atoms with Crippen LogP contribution < -0.4 is 16.2 Å². The first-order valence-electron chi connectivity index (χ1n) is 9.53. The van der Waals surface area contributed by atoms with Gasteiger partial charge in [0.15, 0.2) is 0 Å². The molecule has 0 heterocycles. The summed E-state index contributed by atoms with van der Waals surface area (Å²) < 4.78 is 10.8. The van der Waals surface area contributed by atoms with Gasteiger partial charge in [-0.1, -0.05) is 30.3 Å². The fourth-order valence-corrected chi connectivity index (χ4v) is 3.10. The lowest BCUT2D eigenvalue weighted by atomic mass is 9.98. The number of benzene rings is 3. The number of hydrogen-bond acceptors (Lipinski definition) is 5. The predicted octanol–water partition coefficient (Wildman–Crippen LogP) is 4.02. The Balaban J connectivity index is 1.93. The van der Waals surface area contributed by atoms with E-state index in [4.69, 9.17) is 26.4 Å². The number of carbonyl (C=O) groups is 1. The number of carbonyl (C=O) groups excluding carboxylic acids is 1. The van der Waals surface area contributed by atoms with E-state index >= 15 is 0 Å². The zero-order chi connectivity index (χ0) is 21.7. The largest absolute Gasteiger partial charge is 0.489 e. The number of nitrogens with one attached hydrogen (secondary N) is 1. The molecule has 0 amide bonds. The Labute approximate surface area is 175 Å². The van der Waals surface area contributed by atoms with Crippen LogP contribution in [0.15, 0.2) is 66.7 Å². The molecule has 30 heavy (non-hydrogen) atoms. The highest BCUT2D eigenvalue weighted by Crippen LogP contribution is 2.25. The Morgan fingerprint density at radius 1 is 1.00 bits per heavy atom. The van der Waals surface area contributed by atoms with E-state index < -0.39 is 5.97 Å². The quantitative estimate of drug-likeness (QED) is 0.313. The third-order valence-corrected chi connectivity index (χ3v) is 4.71. The summed E-state index contributed by atoms with van der Waals surface area (Å²) in [4.78, 5) is 12.2. The number of esters is 1. The van der Waals surface area contributed by atoms with Crippen molar-refractivity contribution in [3.05, 3.63) is 89.0 Å². The summed E-state index contributed by atoms with van der Waals surface area (Å²) in [5.41, 5.74) is 16.0. The highest BCUT2D eigenvalue weighted by Gasteiger charge is 2.12. The minimum Gasteiger partial charge on any atom is -0.489 e. The number of nitrogen functional groups attached to an aromatic ring is 1. The summed E-state index contributed by atoms with van der Waals surface area (Å²) in [7, 11) is 1.35. The molecule has 0 saturated heterocycles. The molecule has 0 radical (unpaired) electrons. The van der Waals surface area contributed by atoms with E-state index in [0.717, 1.165) is 22.3 Å². The first-order valence-corrected chi connectivity index (χ1v) is 9.53. The maximum absolute atomic E-state index is 12.2. The van der Waals surface area contributed by atoms with Crippen molar-refractivity contribution in [1.82, 2.24) is 0 Å². The molecule has 1 atom stereocenters. The summed E-state index contributed by atoms with van der Waals surface area (Å²) in [6, 6.07) is 20.3. The van der Waals surface area contributed by atoms with Gasteiger partial charge in [-0.3, -0.25) is 5.41 Å². The Kier molecular flexibility index (Phi) is 6.49. The topological polar surface area (TPSA) is 111 Å². The molecule has 0 aliphatic rings. The zero-order valence-electron chi connectivity index (χ0n) is 17.0. The van der Waals surface area contributed by atoms with Gasteiger partial charge < -0.3 is 20.9 Å². The van der Waals surface area contributed by atoms with Crippen molar-refractivity contribution in [2.24, 2.45) is 11.5 Å². The Morgan fingerprint density at radius 2 is 1.73 bits per heavy atom. The second-order valence-corrected chi connectivity index (χ2v) is 7.05. The van der Waals surface area contributed by atoms with Gasteiger partial charge in [0, 0.05) is 11.6 Å². The van der Waals surface area contributed by atoms with Crippen molar-refractivity contribution in [3.63, 3.8) is 0 Å². The van der Waals surface area contributed by atoms with Crippen molar-refractivity contribution >= 4 is 11.8 Å². The average Bonchev–Trinajstić information content (AvgIpc) is 2.77. The summed E-state index contributed by atoms with van der Waals surface area (Å²) in [5.74, 6) is 0.256. The van der Waals surface area contributed by atoms with E-state index in [1.807, 2.05) is 55.5 Å². The lowest BCUT2D eigenvalue weighted by Crippen LogP contribution is -2.10. The third kappa shape index (κ3) is 5.04. The second kappa shape index (κ2) is 9.24. The molecule has 154 valence electrons. The number of rotatable bonds is 7. The number of methoxy groups -OCH3 is 1. The molecule has 0 spiro atoms. The normalized spacial score (nSPS) is 11.6. The monoisotopic (exact) mass is 403 g/mol. The molecule has 0 saturated carbocycles. The highest BCUT2D eigenvalue weighted by atomic mass is 16.5. The molecule has 0 fully saturated rings. The van der Waals surface area contributed by atoms with Crippen molar-refractivity contribution in [1.29, 1.82) is 5.41 Å². The molecule has 3 rings (SSSR count). The lowest BCUT2D eigenvalue weighted by molar-refractivity contribution is 0.0600. The molecule has 0 aromatic heterocycles. The van der Waals surface area contributed by atoms with Gasteiger partial charge in [-0.2, -0.15) is 0 Å². The van der Waals surface area contributed by atoms with Crippen LogP contribution in [0.3, 0.4) is 0 Å². The number of hydrogen-bond donors (Lipinski definition) is 3. The van der Waals surface area contributed by atoms with Crippen LogP contribution in [0.25, 0.3) is 11.1 Å². The number of amidine groups is 1. The van der Waals surface area contributed by atoms with Crippen LogP contribution in [0.5, 0.6) is 5.75 Å². The number of nitrogens with two attached hydrogens (primary N) is 2. The first-order chi connectivity index (χ1) is 14.4.